The van der Waals surface area contributed by atoms with Crippen molar-refractivity contribution in [3.05, 3.63) is 28.2 Å². The van der Waals surface area contributed by atoms with Crippen molar-refractivity contribution in [1.29, 1.82) is 0 Å². The van der Waals surface area contributed by atoms with Crippen LogP contribution in [0.2, 0.25) is 0 Å². The Bertz CT molecular complexity index is 553. The summed E-state index contributed by atoms with van der Waals surface area (Å²) in [5.74, 6) is -0.0858. The highest BCUT2D eigenvalue weighted by molar-refractivity contribution is 9.10. The van der Waals surface area contributed by atoms with Gasteiger partial charge in [0, 0.05) is 34.3 Å². The van der Waals surface area contributed by atoms with Gasteiger partial charge in [-0.1, -0.05) is 22.9 Å². The summed E-state index contributed by atoms with van der Waals surface area (Å²) in [5, 5.41) is 12.3. The van der Waals surface area contributed by atoms with Gasteiger partial charge >= 0.3 is 12.0 Å². The number of nitrogens with one attached hydrogen (secondary N) is 1. The predicted octanol–water partition coefficient (Wildman–Crippen LogP) is 3.51. The summed E-state index contributed by atoms with van der Waals surface area (Å²) in [6, 6.07) is 4.48. The topological polar surface area (TPSA) is 69.6 Å². The third-order valence-corrected chi connectivity index (χ3v) is 5.11. The maximum absolute atomic E-state index is 12.3. The minimum atomic E-state index is -1.02. The van der Waals surface area contributed by atoms with Crippen molar-refractivity contribution in [1.82, 2.24) is 4.90 Å². The molecule has 2 N–H and O–H groups in total. The van der Waals surface area contributed by atoms with E-state index in [9.17, 15) is 9.59 Å². The van der Waals surface area contributed by atoms with Gasteiger partial charge < -0.3 is 15.3 Å². The van der Waals surface area contributed by atoms with Crippen LogP contribution in [-0.2, 0) is 0 Å². The molecule has 1 fully saturated rings. The van der Waals surface area contributed by atoms with E-state index in [4.69, 9.17) is 5.11 Å². The van der Waals surface area contributed by atoms with Crippen LogP contribution in [0.25, 0.3) is 0 Å². The molecule has 2 rings (SSSR count). The van der Waals surface area contributed by atoms with E-state index < -0.39 is 5.97 Å². The summed E-state index contributed by atoms with van der Waals surface area (Å²) in [4.78, 5) is 25.1. The van der Waals surface area contributed by atoms with E-state index in [1.807, 2.05) is 11.8 Å². The Morgan fingerprint density at radius 3 is 2.90 bits per heavy atom. The molecule has 1 aromatic rings. The van der Waals surface area contributed by atoms with Crippen LogP contribution in [0.1, 0.15) is 23.7 Å². The zero-order valence-electron chi connectivity index (χ0n) is 11.6. The number of carbonyl (C=O) groups is 2. The molecule has 7 heteroatoms. The highest BCUT2D eigenvalue weighted by Gasteiger charge is 2.23. The molecule has 21 heavy (non-hydrogen) atoms. The van der Waals surface area contributed by atoms with Crippen molar-refractivity contribution >= 4 is 45.4 Å². The van der Waals surface area contributed by atoms with E-state index in [0.29, 0.717) is 22.0 Å². The number of hydrogen-bond donors (Lipinski definition) is 2. The Hall–Kier alpha value is -1.21. The lowest BCUT2D eigenvalue weighted by atomic mass is 10.2. The van der Waals surface area contributed by atoms with Gasteiger partial charge in [0.15, 0.2) is 0 Å². The van der Waals surface area contributed by atoms with E-state index in [1.165, 1.54) is 12.1 Å². The van der Waals surface area contributed by atoms with E-state index >= 15 is 0 Å². The number of rotatable bonds is 3. The molecule has 0 aliphatic carbocycles. The van der Waals surface area contributed by atoms with E-state index in [-0.39, 0.29) is 11.6 Å². The van der Waals surface area contributed by atoms with Gasteiger partial charge in [0.1, 0.15) is 0 Å². The molecule has 114 valence electrons. The van der Waals surface area contributed by atoms with E-state index in [1.54, 1.807) is 11.0 Å². The molecule has 1 unspecified atom stereocenters. The first-order valence-electron chi connectivity index (χ1n) is 6.71. The smallest absolute Gasteiger partial charge is 0.335 e. The molecule has 1 aliphatic rings. The first kappa shape index (κ1) is 16.2. The molecule has 0 saturated carbocycles. The number of carbonyl (C=O) groups excluding carboxylic acids is 1. The van der Waals surface area contributed by atoms with E-state index in [0.717, 1.165) is 18.7 Å². The minimum absolute atomic E-state index is 0.139. The zero-order valence-corrected chi connectivity index (χ0v) is 14.0. The molecule has 0 radical (unpaired) electrons. The lowest BCUT2D eigenvalue weighted by Gasteiger charge is -2.31. The fourth-order valence-corrected chi connectivity index (χ4v) is 3.81. The van der Waals surface area contributed by atoms with Gasteiger partial charge in [0.25, 0.3) is 0 Å². The molecule has 2 amide bonds. The molecule has 0 spiro atoms. The number of aromatic carboxylic acids is 1. The van der Waals surface area contributed by atoms with Gasteiger partial charge in [0.05, 0.1) is 5.56 Å². The van der Waals surface area contributed by atoms with Crippen molar-refractivity contribution in [3.8, 4) is 0 Å². The van der Waals surface area contributed by atoms with Gasteiger partial charge in [-0.2, -0.15) is 11.8 Å². The van der Waals surface area contributed by atoms with Crippen LogP contribution in [0.15, 0.2) is 22.7 Å². The fourth-order valence-electron chi connectivity index (χ4n) is 2.14. The zero-order chi connectivity index (χ0) is 15.4. The Balaban J connectivity index is 2.07. The monoisotopic (exact) mass is 372 g/mol. The number of hydrogen-bond acceptors (Lipinski definition) is 3. The number of benzene rings is 1. The van der Waals surface area contributed by atoms with Gasteiger partial charge in [-0.15, -0.1) is 0 Å². The summed E-state index contributed by atoms with van der Waals surface area (Å²) < 4.78 is 0.623. The number of anilines is 1. The Kier molecular flexibility index (Phi) is 5.52. The van der Waals surface area contributed by atoms with Crippen LogP contribution in [0.5, 0.6) is 0 Å². The quantitative estimate of drug-likeness (QED) is 0.851. The Labute approximate surface area is 136 Å². The van der Waals surface area contributed by atoms with Crippen LogP contribution >= 0.6 is 27.7 Å². The molecular weight excluding hydrogens is 356 g/mol. The third kappa shape index (κ3) is 4.38. The lowest BCUT2D eigenvalue weighted by Crippen LogP contribution is -2.44. The van der Waals surface area contributed by atoms with Crippen LogP contribution < -0.4 is 5.32 Å². The normalized spacial score (nSPS) is 18.4. The minimum Gasteiger partial charge on any atom is -0.478 e. The number of thioether (sulfide) groups is 1. The molecule has 1 aromatic carbocycles. The number of urea groups is 1. The molecule has 0 aromatic heterocycles. The van der Waals surface area contributed by atoms with Crippen LogP contribution in [0, 0.1) is 0 Å². The Morgan fingerprint density at radius 2 is 2.24 bits per heavy atom. The van der Waals surface area contributed by atoms with Crippen molar-refractivity contribution in [2.75, 3.05) is 24.2 Å². The van der Waals surface area contributed by atoms with Gasteiger partial charge in [-0.05, 0) is 24.6 Å². The molecular formula is C14H17BrN2O3S. The first-order chi connectivity index (χ1) is 9.99. The summed E-state index contributed by atoms with van der Waals surface area (Å²) >= 11 is 5.15. The fraction of sp³-hybridized carbons (Fsp3) is 0.429. The highest BCUT2D eigenvalue weighted by atomic mass is 79.9. The van der Waals surface area contributed by atoms with Crippen LogP contribution in [0.4, 0.5) is 10.5 Å². The molecule has 1 aliphatic heterocycles. The van der Waals surface area contributed by atoms with Gasteiger partial charge in [-0.3, -0.25) is 0 Å². The Morgan fingerprint density at radius 1 is 1.48 bits per heavy atom. The maximum Gasteiger partial charge on any atom is 0.335 e. The molecule has 1 heterocycles. The number of amides is 2. The first-order valence-corrected chi connectivity index (χ1v) is 8.55. The standard InChI is InChI=1S/C14H17BrN2O3S/c1-2-12-8-17(3-4-21-12)14(20)16-11-6-9(13(18)19)5-10(15)7-11/h5-7,12H,2-4,8H2,1H3,(H,16,20)(H,18,19). The molecule has 5 nitrogen and oxygen atoms in total. The van der Waals surface area contributed by atoms with Crippen molar-refractivity contribution < 1.29 is 14.7 Å². The van der Waals surface area contributed by atoms with Crippen LogP contribution in [0.3, 0.4) is 0 Å². The third-order valence-electron chi connectivity index (χ3n) is 3.28. The summed E-state index contributed by atoms with van der Waals surface area (Å²) in [6.45, 7) is 3.56. The molecule has 0 bridgehead atoms. The second kappa shape index (κ2) is 7.17. The second-order valence-corrected chi connectivity index (χ2v) is 7.13. The van der Waals surface area contributed by atoms with Crippen molar-refractivity contribution in [2.45, 2.75) is 18.6 Å². The number of carboxylic acid groups (broad SMARTS) is 1. The lowest BCUT2D eigenvalue weighted by molar-refractivity contribution is 0.0697. The second-order valence-electron chi connectivity index (χ2n) is 4.81. The summed E-state index contributed by atoms with van der Waals surface area (Å²) in [6.07, 6.45) is 1.04. The number of halogens is 1. The number of carboxylic acids is 1. The largest absolute Gasteiger partial charge is 0.478 e. The molecule has 1 saturated heterocycles. The average molecular weight is 373 g/mol. The number of nitrogens with zero attached hydrogens (tertiary/aromatic N) is 1. The average Bonchev–Trinajstić information content (AvgIpc) is 2.46. The summed E-state index contributed by atoms with van der Waals surface area (Å²) in [5.41, 5.74) is 0.623. The van der Waals surface area contributed by atoms with Gasteiger partial charge in [-0.25, -0.2) is 9.59 Å². The SMILES string of the molecule is CCC1CN(C(=O)Nc2cc(Br)cc(C(=O)O)c2)CCS1. The van der Waals surface area contributed by atoms with E-state index in [2.05, 4.69) is 28.2 Å². The highest BCUT2D eigenvalue weighted by Crippen LogP contribution is 2.23. The van der Waals surface area contributed by atoms with Crippen LogP contribution in [-0.4, -0.2) is 46.1 Å². The molecule has 1 atom stereocenters. The van der Waals surface area contributed by atoms with Crippen molar-refractivity contribution in [3.63, 3.8) is 0 Å². The maximum atomic E-state index is 12.3. The van der Waals surface area contributed by atoms with Gasteiger partial charge in [0.2, 0.25) is 0 Å². The summed E-state index contributed by atoms with van der Waals surface area (Å²) in [7, 11) is 0. The predicted molar refractivity (Wildman–Crippen MR) is 88.2 cm³/mol. The van der Waals surface area contributed by atoms with Crippen molar-refractivity contribution in [2.24, 2.45) is 0 Å².